The summed E-state index contributed by atoms with van der Waals surface area (Å²) in [6.45, 7) is 0. The molecule has 1 amide bonds. The first kappa shape index (κ1) is 23.0. The number of hydrogen-bond acceptors (Lipinski definition) is 8. The number of rotatable bonds is 8. The zero-order valence-electron chi connectivity index (χ0n) is 19.5. The van der Waals surface area contributed by atoms with Crippen LogP contribution in [0.1, 0.15) is 55.4 Å². The fourth-order valence-electron chi connectivity index (χ4n) is 4.45. The number of aromatic nitrogens is 4. The Morgan fingerprint density at radius 2 is 1.83 bits per heavy atom. The third-order valence-electron chi connectivity index (χ3n) is 6.54. The van der Waals surface area contributed by atoms with Gasteiger partial charge >= 0.3 is 5.97 Å². The molecule has 0 aromatic carbocycles. The number of anilines is 3. The molecule has 11 heteroatoms. The number of esters is 1. The van der Waals surface area contributed by atoms with E-state index in [1.807, 2.05) is 6.07 Å². The lowest BCUT2D eigenvalue weighted by atomic mass is 9.84. The molecule has 5 rings (SSSR count). The normalized spacial score (nSPS) is 19.8. The number of imidazole rings is 1. The highest BCUT2D eigenvalue weighted by Crippen LogP contribution is 2.31. The molecule has 2 aliphatic rings. The SMILES string of the molecule is COC(=O)CC1CCC(Nc2cc(NC3CC3)c3ncc(C(=O)Nc4ccncc4F)n3n2)CC1. The molecule has 2 saturated carbocycles. The molecular weight excluding hydrogens is 453 g/mol. The lowest BCUT2D eigenvalue weighted by Crippen LogP contribution is -2.28. The molecule has 0 aliphatic heterocycles. The van der Waals surface area contributed by atoms with Crippen molar-refractivity contribution in [1.82, 2.24) is 19.6 Å². The minimum Gasteiger partial charge on any atom is -0.469 e. The fraction of sp³-hybridized carbons (Fsp3) is 0.458. The van der Waals surface area contributed by atoms with Crippen molar-refractivity contribution < 1.29 is 18.7 Å². The average Bonchev–Trinajstić information content (AvgIpc) is 3.57. The smallest absolute Gasteiger partial charge is 0.305 e. The Balaban J connectivity index is 1.36. The van der Waals surface area contributed by atoms with E-state index < -0.39 is 11.7 Å². The number of halogens is 1. The molecule has 2 aliphatic carbocycles. The van der Waals surface area contributed by atoms with Gasteiger partial charge < -0.3 is 20.7 Å². The quantitative estimate of drug-likeness (QED) is 0.417. The Morgan fingerprint density at radius 1 is 1.09 bits per heavy atom. The summed E-state index contributed by atoms with van der Waals surface area (Å²) < 4.78 is 20.3. The van der Waals surface area contributed by atoms with Gasteiger partial charge in [-0.1, -0.05) is 0 Å². The van der Waals surface area contributed by atoms with Crippen LogP contribution < -0.4 is 16.0 Å². The van der Waals surface area contributed by atoms with E-state index in [0.29, 0.717) is 29.8 Å². The number of pyridine rings is 1. The number of hydrogen-bond donors (Lipinski definition) is 3. The van der Waals surface area contributed by atoms with Crippen molar-refractivity contribution in [3.63, 3.8) is 0 Å². The maximum Gasteiger partial charge on any atom is 0.305 e. The van der Waals surface area contributed by atoms with Crippen LogP contribution in [0.2, 0.25) is 0 Å². The van der Waals surface area contributed by atoms with Gasteiger partial charge in [0.25, 0.3) is 5.91 Å². The van der Waals surface area contributed by atoms with E-state index in [0.717, 1.165) is 50.4 Å². The van der Waals surface area contributed by atoms with Gasteiger partial charge in [-0.2, -0.15) is 0 Å². The first-order chi connectivity index (χ1) is 17.0. The maximum atomic E-state index is 14.0. The molecule has 184 valence electrons. The summed E-state index contributed by atoms with van der Waals surface area (Å²) in [6, 6.07) is 3.90. The number of nitrogens with zero attached hydrogens (tertiary/aromatic N) is 4. The molecule has 0 spiro atoms. The summed E-state index contributed by atoms with van der Waals surface area (Å²) >= 11 is 0. The van der Waals surface area contributed by atoms with Crippen LogP contribution in [-0.2, 0) is 9.53 Å². The van der Waals surface area contributed by atoms with Gasteiger partial charge in [-0.05, 0) is 50.5 Å². The van der Waals surface area contributed by atoms with Crippen LogP contribution in [-0.4, -0.2) is 50.7 Å². The van der Waals surface area contributed by atoms with Gasteiger partial charge in [-0.15, -0.1) is 5.10 Å². The second-order valence-corrected chi connectivity index (χ2v) is 9.19. The van der Waals surface area contributed by atoms with Crippen molar-refractivity contribution in [3.05, 3.63) is 42.2 Å². The first-order valence-corrected chi connectivity index (χ1v) is 11.9. The van der Waals surface area contributed by atoms with Crippen LogP contribution in [0.5, 0.6) is 0 Å². The van der Waals surface area contributed by atoms with Gasteiger partial charge in [0.1, 0.15) is 5.82 Å². The van der Waals surface area contributed by atoms with Gasteiger partial charge in [0.15, 0.2) is 17.2 Å². The van der Waals surface area contributed by atoms with Crippen LogP contribution in [0.25, 0.3) is 5.65 Å². The van der Waals surface area contributed by atoms with E-state index in [1.54, 1.807) is 0 Å². The molecule has 3 heterocycles. The maximum absolute atomic E-state index is 14.0. The second-order valence-electron chi connectivity index (χ2n) is 9.19. The number of ether oxygens (including phenoxy) is 1. The van der Waals surface area contributed by atoms with Gasteiger partial charge in [-0.3, -0.25) is 14.6 Å². The average molecular weight is 482 g/mol. The monoisotopic (exact) mass is 481 g/mol. The predicted molar refractivity (Wildman–Crippen MR) is 128 cm³/mol. The zero-order chi connectivity index (χ0) is 24.4. The van der Waals surface area contributed by atoms with Crippen molar-refractivity contribution in [1.29, 1.82) is 0 Å². The standard InChI is InChI=1S/C24H28FN7O3/c1-35-22(33)10-14-2-4-16(5-3-14)29-21-11-19(28-15-6-7-15)23-27-13-20(32(23)31-21)24(34)30-18-8-9-26-12-17(18)25/h8-9,11-16,28H,2-7,10H2,1H3,(H,29,31)(H,26,30,34). The van der Waals surface area contributed by atoms with E-state index in [-0.39, 0.29) is 23.4 Å². The van der Waals surface area contributed by atoms with Crippen LogP contribution >= 0.6 is 0 Å². The fourth-order valence-corrected chi connectivity index (χ4v) is 4.45. The number of nitrogens with one attached hydrogen (secondary N) is 3. The number of fused-ring (bicyclic) bond motifs is 1. The molecule has 35 heavy (non-hydrogen) atoms. The molecule has 2 fully saturated rings. The number of methoxy groups -OCH3 is 1. The number of amides is 1. The summed E-state index contributed by atoms with van der Waals surface area (Å²) in [4.78, 5) is 32.7. The Bertz CT molecular complexity index is 1240. The number of carbonyl (C=O) groups excluding carboxylic acids is 2. The molecule has 0 unspecified atom stereocenters. The third-order valence-corrected chi connectivity index (χ3v) is 6.54. The Hall–Kier alpha value is -3.76. The summed E-state index contributed by atoms with van der Waals surface area (Å²) in [7, 11) is 1.42. The third kappa shape index (κ3) is 5.33. The van der Waals surface area contributed by atoms with E-state index >= 15 is 0 Å². The van der Waals surface area contributed by atoms with Crippen molar-refractivity contribution in [3.8, 4) is 0 Å². The molecule has 0 radical (unpaired) electrons. The molecule has 0 bridgehead atoms. The van der Waals surface area contributed by atoms with Crippen LogP contribution in [0.3, 0.4) is 0 Å². The molecule has 0 saturated heterocycles. The highest BCUT2D eigenvalue weighted by Gasteiger charge is 2.26. The minimum atomic E-state index is -0.621. The molecule has 3 aromatic heterocycles. The van der Waals surface area contributed by atoms with Crippen LogP contribution in [0, 0.1) is 11.7 Å². The summed E-state index contributed by atoms with van der Waals surface area (Å²) in [5, 5.41) is 14.2. The Labute approximate surface area is 201 Å². The first-order valence-electron chi connectivity index (χ1n) is 11.9. The van der Waals surface area contributed by atoms with Gasteiger partial charge in [-0.25, -0.2) is 13.9 Å². The Kier molecular flexibility index (Phi) is 6.47. The van der Waals surface area contributed by atoms with E-state index in [9.17, 15) is 14.0 Å². The van der Waals surface area contributed by atoms with Crippen LogP contribution in [0.4, 0.5) is 21.6 Å². The largest absolute Gasteiger partial charge is 0.469 e. The van der Waals surface area contributed by atoms with Crippen molar-refractivity contribution in [2.24, 2.45) is 5.92 Å². The van der Waals surface area contributed by atoms with E-state index in [4.69, 9.17) is 4.74 Å². The molecular formula is C24H28FN7O3. The highest BCUT2D eigenvalue weighted by molar-refractivity contribution is 6.03. The number of carbonyl (C=O) groups is 2. The highest BCUT2D eigenvalue weighted by atomic mass is 19.1. The van der Waals surface area contributed by atoms with Crippen molar-refractivity contribution in [2.45, 2.75) is 57.0 Å². The van der Waals surface area contributed by atoms with Gasteiger partial charge in [0.05, 0.1) is 30.9 Å². The predicted octanol–water partition coefficient (Wildman–Crippen LogP) is 3.62. The van der Waals surface area contributed by atoms with Crippen LogP contribution in [0.15, 0.2) is 30.7 Å². The van der Waals surface area contributed by atoms with E-state index in [2.05, 4.69) is 31.0 Å². The molecule has 3 N–H and O–H groups in total. The van der Waals surface area contributed by atoms with E-state index in [1.165, 1.54) is 30.1 Å². The van der Waals surface area contributed by atoms with Gasteiger partial charge in [0.2, 0.25) is 0 Å². The summed E-state index contributed by atoms with van der Waals surface area (Å²) in [5.41, 5.74) is 1.55. The van der Waals surface area contributed by atoms with Crippen molar-refractivity contribution >= 4 is 34.7 Å². The lowest BCUT2D eigenvalue weighted by Gasteiger charge is -2.29. The molecule has 0 atom stereocenters. The molecule has 3 aromatic rings. The molecule has 10 nitrogen and oxygen atoms in total. The topological polar surface area (TPSA) is 123 Å². The second kappa shape index (κ2) is 9.85. The Morgan fingerprint density at radius 3 is 2.54 bits per heavy atom. The summed E-state index contributed by atoms with van der Waals surface area (Å²) in [6.07, 6.45) is 10.2. The lowest BCUT2D eigenvalue weighted by molar-refractivity contribution is -0.142. The summed E-state index contributed by atoms with van der Waals surface area (Å²) in [5.74, 6) is -0.349. The van der Waals surface area contributed by atoms with Gasteiger partial charge in [0, 0.05) is 30.8 Å². The zero-order valence-corrected chi connectivity index (χ0v) is 19.5. The minimum absolute atomic E-state index is 0.0364. The van der Waals surface area contributed by atoms with Crippen molar-refractivity contribution in [2.75, 3.05) is 23.1 Å².